The molecule has 2 saturated carbocycles. The van der Waals surface area contributed by atoms with Gasteiger partial charge in [0, 0.05) is 10.9 Å². The van der Waals surface area contributed by atoms with Gasteiger partial charge in [0.15, 0.2) is 5.11 Å². The van der Waals surface area contributed by atoms with Crippen LogP contribution in [0.2, 0.25) is 0 Å². The Balaban J connectivity index is 1.28. The number of hydrazine groups is 1. The van der Waals surface area contributed by atoms with Crippen LogP contribution < -0.4 is 16.2 Å². The van der Waals surface area contributed by atoms with E-state index in [-0.39, 0.29) is 5.91 Å². The number of hydrogen-bond donors (Lipinski definition) is 3. The Morgan fingerprint density at radius 2 is 2.12 bits per heavy atom. The fraction of sp³-hybridized carbons (Fsp3) is 0.667. The predicted molar refractivity (Wildman–Crippen MR) is 101 cm³/mol. The number of rotatable bonds is 2. The molecule has 1 heterocycles. The zero-order chi connectivity index (χ0) is 16.7. The van der Waals surface area contributed by atoms with Crippen molar-refractivity contribution in [1.29, 1.82) is 0 Å². The highest BCUT2D eigenvalue weighted by Crippen LogP contribution is 2.44. The average Bonchev–Trinajstić information content (AvgIpc) is 3.26. The van der Waals surface area contributed by atoms with Crippen molar-refractivity contribution in [2.45, 2.75) is 57.9 Å². The van der Waals surface area contributed by atoms with Crippen LogP contribution in [-0.2, 0) is 12.8 Å². The number of thiophene rings is 1. The fourth-order valence-corrected chi connectivity index (χ4v) is 5.92. The number of fused-ring (bicyclic) bond motifs is 3. The number of amides is 1. The molecule has 3 aliphatic carbocycles. The van der Waals surface area contributed by atoms with E-state index >= 15 is 0 Å². The van der Waals surface area contributed by atoms with Gasteiger partial charge in [-0.25, -0.2) is 0 Å². The Morgan fingerprint density at radius 1 is 1.25 bits per heavy atom. The Hall–Kier alpha value is -1.14. The van der Waals surface area contributed by atoms with Crippen LogP contribution in [0.15, 0.2) is 6.07 Å². The van der Waals surface area contributed by atoms with Crippen LogP contribution in [0.1, 0.15) is 59.1 Å². The Morgan fingerprint density at radius 3 is 2.88 bits per heavy atom. The van der Waals surface area contributed by atoms with Crippen LogP contribution in [0.4, 0.5) is 0 Å². The quantitative estimate of drug-likeness (QED) is 0.558. The molecule has 0 aromatic carbocycles. The van der Waals surface area contributed by atoms with Gasteiger partial charge in [0.2, 0.25) is 0 Å². The van der Waals surface area contributed by atoms with E-state index < -0.39 is 0 Å². The third-order valence-corrected chi connectivity index (χ3v) is 7.35. The smallest absolute Gasteiger partial charge is 0.279 e. The zero-order valence-corrected chi connectivity index (χ0v) is 15.7. The summed E-state index contributed by atoms with van der Waals surface area (Å²) < 4.78 is 0. The van der Waals surface area contributed by atoms with Crippen molar-refractivity contribution in [3.8, 4) is 0 Å². The van der Waals surface area contributed by atoms with Gasteiger partial charge < -0.3 is 5.32 Å². The summed E-state index contributed by atoms with van der Waals surface area (Å²) in [6.07, 6.45) is 8.67. The number of carbonyl (C=O) groups excluding carboxylic acids is 1. The molecule has 0 spiro atoms. The molecule has 3 aliphatic rings. The van der Waals surface area contributed by atoms with Crippen molar-refractivity contribution in [2.75, 3.05) is 0 Å². The molecule has 4 nitrogen and oxygen atoms in total. The van der Waals surface area contributed by atoms with Crippen molar-refractivity contribution in [2.24, 2.45) is 17.8 Å². The molecule has 2 bridgehead atoms. The largest absolute Gasteiger partial charge is 0.358 e. The molecular weight excluding hydrogens is 338 g/mol. The molecule has 130 valence electrons. The summed E-state index contributed by atoms with van der Waals surface area (Å²) in [6.45, 7) is 2.28. The minimum atomic E-state index is -0.0841. The van der Waals surface area contributed by atoms with E-state index in [4.69, 9.17) is 12.2 Å². The predicted octanol–water partition coefficient (Wildman–Crippen LogP) is 3.17. The molecule has 6 heteroatoms. The molecule has 4 atom stereocenters. The van der Waals surface area contributed by atoms with E-state index in [1.807, 2.05) is 0 Å². The molecule has 24 heavy (non-hydrogen) atoms. The third-order valence-electron chi connectivity index (χ3n) is 5.90. The van der Waals surface area contributed by atoms with Crippen molar-refractivity contribution in [3.05, 3.63) is 21.4 Å². The number of hydrogen-bond acceptors (Lipinski definition) is 3. The molecule has 4 rings (SSSR count). The molecule has 0 aliphatic heterocycles. The number of carbonyl (C=O) groups is 1. The minimum absolute atomic E-state index is 0.0841. The van der Waals surface area contributed by atoms with Crippen LogP contribution in [0.5, 0.6) is 0 Å². The third kappa shape index (κ3) is 3.31. The average molecular weight is 364 g/mol. The Kier molecular flexibility index (Phi) is 4.52. The zero-order valence-electron chi connectivity index (χ0n) is 14.1. The molecule has 1 amide bonds. The maximum atomic E-state index is 12.4. The van der Waals surface area contributed by atoms with Crippen molar-refractivity contribution < 1.29 is 4.79 Å². The maximum absolute atomic E-state index is 12.4. The van der Waals surface area contributed by atoms with Gasteiger partial charge in [-0.3, -0.25) is 15.6 Å². The van der Waals surface area contributed by atoms with E-state index in [1.165, 1.54) is 42.5 Å². The van der Waals surface area contributed by atoms with Crippen LogP contribution in [0, 0.1) is 17.8 Å². The van der Waals surface area contributed by atoms with E-state index in [1.54, 1.807) is 11.3 Å². The van der Waals surface area contributed by atoms with E-state index in [9.17, 15) is 4.79 Å². The van der Waals surface area contributed by atoms with Gasteiger partial charge in [-0.1, -0.05) is 13.3 Å². The second-order valence-corrected chi connectivity index (χ2v) is 9.29. The molecule has 3 N–H and O–H groups in total. The van der Waals surface area contributed by atoms with Crippen LogP contribution in [0.3, 0.4) is 0 Å². The fourth-order valence-electron chi connectivity index (χ4n) is 4.62. The summed E-state index contributed by atoms with van der Waals surface area (Å²) in [5, 5.41) is 3.92. The van der Waals surface area contributed by atoms with E-state index in [0.29, 0.717) is 11.2 Å². The van der Waals surface area contributed by atoms with Crippen molar-refractivity contribution in [3.63, 3.8) is 0 Å². The number of thiocarbonyl (C=S) groups is 1. The summed E-state index contributed by atoms with van der Waals surface area (Å²) in [6, 6.07) is 2.54. The number of aryl methyl sites for hydroxylation is 1. The van der Waals surface area contributed by atoms with E-state index in [2.05, 4.69) is 29.2 Å². The highest BCUT2D eigenvalue weighted by Gasteiger charge is 2.39. The summed E-state index contributed by atoms with van der Waals surface area (Å²) in [5.41, 5.74) is 6.99. The molecule has 0 saturated heterocycles. The van der Waals surface area contributed by atoms with Crippen LogP contribution in [0.25, 0.3) is 0 Å². The lowest BCUT2D eigenvalue weighted by molar-refractivity contribution is 0.0947. The van der Waals surface area contributed by atoms with Gasteiger partial charge in [0.1, 0.15) is 0 Å². The normalized spacial score (nSPS) is 30.7. The topological polar surface area (TPSA) is 53.2 Å². The SMILES string of the molecule is C[C@H]1CCc2sc(C(=O)NNC(=S)N[C@H]3C[C@@H]4CC[C@@H]3C4)cc2C1. The molecule has 1 aromatic heterocycles. The molecule has 2 fully saturated rings. The first-order valence-electron chi connectivity index (χ1n) is 9.07. The summed E-state index contributed by atoms with van der Waals surface area (Å²) in [7, 11) is 0. The lowest BCUT2D eigenvalue weighted by Gasteiger charge is -2.24. The summed E-state index contributed by atoms with van der Waals surface area (Å²) in [4.78, 5) is 14.5. The first-order chi connectivity index (χ1) is 11.6. The lowest BCUT2D eigenvalue weighted by Crippen LogP contribution is -2.50. The monoisotopic (exact) mass is 363 g/mol. The Labute approximate surface area is 152 Å². The Bertz CT molecular complexity index is 657. The summed E-state index contributed by atoms with van der Waals surface area (Å²) >= 11 is 6.97. The lowest BCUT2D eigenvalue weighted by atomic mass is 9.90. The van der Waals surface area contributed by atoms with Gasteiger partial charge in [0.05, 0.1) is 4.88 Å². The molecule has 0 unspecified atom stereocenters. The van der Waals surface area contributed by atoms with Gasteiger partial charge in [-0.2, -0.15) is 0 Å². The van der Waals surface area contributed by atoms with Crippen LogP contribution >= 0.6 is 23.6 Å². The van der Waals surface area contributed by atoms with Crippen molar-refractivity contribution >= 4 is 34.6 Å². The molecule has 1 aromatic rings. The molecule has 0 radical (unpaired) electrons. The second-order valence-electron chi connectivity index (χ2n) is 7.74. The van der Waals surface area contributed by atoms with Gasteiger partial charge in [-0.05, 0) is 80.1 Å². The van der Waals surface area contributed by atoms with Gasteiger partial charge in [0.25, 0.3) is 5.91 Å². The van der Waals surface area contributed by atoms with Crippen LogP contribution in [-0.4, -0.2) is 17.1 Å². The van der Waals surface area contributed by atoms with Crippen molar-refractivity contribution in [1.82, 2.24) is 16.2 Å². The highest BCUT2D eigenvalue weighted by molar-refractivity contribution is 7.80. The first-order valence-corrected chi connectivity index (χ1v) is 10.3. The highest BCUT2D eigenvalue weighted by atomic mass is 32.1. The standard InChI is InChI=1S/C18H25N3OS2/c1-10-2-5-15-13(6-10)9-16(24-15)17(22)20-21-18(23)19-14-8-11-3-4-12(14)7-11/h9-12,14H,2-8H2,1H3,(H,20,22)(H2,19,21,23)/t10-,11+,12+,14-/m0/s1. The maximum Gasteiger partial charge on any atom is 0.279 e. The number of nitrogens with one attached hydrogen (secondary N) is 3. The minimum Gasteiger partial charge on any atom is -0.358 e. The van der Waals surface area contributed by atoms with E-state index in [0.717, 1.165) is 35.5 Å². The van der Waals surface area contributed by atoms with Gasteiger partial charge in [-0.15, -0.1) is 11.3 Å². The second kappa shape index (κ2) is 6.64. The molecular formula is C18H25N3OS2. The summed E-state index contributed by atoms with van der Waals surface area (Å²) in [5.74, 6) is 2.28. The first kappa shape index (κ1) is 16.3. The van der Waals surface area contributed by atoms with Gasteiger partial charge >= 0.3 is 0 Å².